The van der Waals surface area contributed by atoms with Crippen LogP contribution in [0.3, 0.4) is 0 Å². The summed E-state index contributed by atoms with van der Waals surface area (Å²) in [5.74, 6) is 0.712. The fraction of sp³-hybridized carbons (Fsp3) is 0.680. The van der Waals surface area contributed by atoms with Gasteiger partial charge >= 0.3 is 0 Å². The van der Waals surface area contributed by atoms with Gasteiger partial charge in [0, 0.05) is 11.6 Å². The van der Waals surface area contributed by atoms with Crippen LogP contribution in [0.5, 0.6) is 0 Å². The van der Waals surface area contributed by atoms with Crippen LogP contribution in [-0.4, -0.2) is 28.0 Å². The van der Waals surface area contributed by atoms with E-state index in [1.807, 2.05) is 0 Å². The number of rotatable bonds is 1. The SMILES string of the molecule is C1=CC2=N[C@]34CCCC[C@H]3CC3=C(CCCC3)N4C2=CC1=NC1CCCCC1. The highest BCUT2D eigenvalue weighted by atomic mass is 15.4. The minimum atomic E-state index is 0.0280. The van der Waals surface area contributed by atoms with Crippen molar-refractivity contribution in [2.75, 3.05) is 0 Å². The first-order valence-electron chi connectivity index (χ1n) is 11.9. The maximum atomic E-state index is 5.46. The lowest BCUT2D eigenvalue weighted by Crippen LogP contribution is -2.53. The van der Waals surface area contributed by atoms with Gasteiger partial charge < -0.3 is 4.90 Å². The normalized spacial score (nSPS) is 36.5. The molecule has 0 amide bonds. The monoisotopic (exact) mass is 375 g/mol. The first-order valence-corrected chi connectivity index (χ1v) is 11.9. The zero-order valence-corrected chi connectivity index (χ0v) is 17.1. The van der Waals surface area contributed by atoms with Gasteiger partial charge in [0.25, 0.3) is 0 Å². The molecule has 28 heavy (non-hydrogen) atoms. The van der Waals surface area contributed by atoms with Crippen molar-refractivity contribution in [2.24, 2.45) is 15.9 Å². The van der Waals surface area contributed by atoms with Crippen LogP contribution in [0.4, 0.5) is 0 Å². The Morgan fingerprint density at radius 3 is 2.71 bits per heavy atom. The lowest BCUT2D eigenvalue weighted by Gasteiger charge is -2.52. The molecule has 2 heterocycles. The standard InChI is InChI=1S/C25H33N3/c1-2-10-20(11-3-1)26-21-13-14-22-24(17-21)28-23-12-5-4-8-18(23)16-19-9-6-7-15-25(19,28)27-22/h13-14,17,19-20H,1-12,15-16H2/t19-,25-/m0/s1. The molecule has 0 bridgehead atoms. The molecule has 0 saturated heterocycles. The van der Waals surface area contributed by atoms with E-state index in [9.17, 15) is 0 Å². The van der Waals surface area contributed by atoms with Crippen molar-refractivity contribution in [3.05, 3.63) is 35.2 Å². The summed E-state index contributed by atoms with van der Waals surface area (Å²) in [6.07, 6.45) is 25.4. The lowest BCUT2D eigenvalue weighted by molar-refractivity contribution is 0.0498. The van der Waals surface area contributed by atoms with Crippen molar-refractivity contribution in [3.63, 3.8) is 0 Å². The van der Waals surface area contributed by atoms with E-state index in [2.05, 4.69) is 23.1 Å². The Morgan fingerprint density at radius 2 is 1.79 bits per heavy atom. The highest BCUT2D eigenvalue weighted by Crippen LogP contribution is 2.55. The lowest BCUT2D eigenvalue weighted by atomic mass is 9.70. The van der Waals surface area contributed by atoms with Crippen molar-refractivity contribution in [1.82, 2.24) is 4.90 Å². The fourth-order valence-corrected chi connectivity index (χ4v) is 6.79. The van der Waals surface area contributed by atoms with Gasteiger partial charge in [0.1, 0.15) is 5.66 Å². The Balaban J connectivity index is 1.42. The topological polar surface area (TPSA) is 28.0 Å². The molecule has 0 aromatic heterocycles. The third kappa shape index (κ3) is 2.61. The molecule has 2 aliphatic heterocycles. The largest absolute Gasteiger partial charge is 0.318 e. The first-order chi connectivity index (χ1) is 13.8. The van der Waals surface area contributed by atoms with E-state index in [1.54, 1.807) is 11.3 Å². The van der Waals surface area contributed by atoms with Crippen LogP contribution in [-0.2, 0) is 0 Å². The van der Waals surface area contributed by atoms with E-state index in [0.717, 1.165) is 0 Å². The highest BCUT2D eigenvalue weighted by Gasteiger charge is 2.55. The maximum absolute atomic E-state index is 5.46. The first kappa shape index (κ1) is 17.2. The number of fused-ring (bicyclic) bond motifs is 3. The van der Waals surface area contributed by atoms with Crippen molar-refractivity contribution in [2.45, 2.75) is 102 Å². The Morgan fingerprint density at radius 1 is 0.929 bits per heavy atom. The predicted octanol–water partition coefficient (Wildman–Crippen LogP) is 6.09. The van der Waals surface area contributed by atoms with Gasteiger partial charge in [-0.15, -0.1) is 0 Å². The van der Waals surface area contributed by atoms with Crippen LogP contribution >= 0.6 is 0 Å². The molecule has 2 saturated carbocycles. The summed E-state index contributed by atoms with van der Waals surface area (Å²) in [6, 6.07) is 0.535. The van der Waals surface area contributed by atoms with Crippen LogP contribution in [0.15, 0.2) is 45.2 Å². The third-order valence-electron chi connectivity index (χ3n) is 8.12. The number of hydrogen-bond acceptors (Lipinski definition) is 3. The molecule has 0 aromatic rings. The minimum absolute atomic E-state index is 0.0280. The van der Waals surface area contributed by atoms with Gasteiger partial charge in [-0.25, -0.2) is 0 Å². The Kier molecular flexibility index (Phi) is 4.13. The van der Waals surface area contributed by atoms with Gasteiger partial charge in [-0.3, -0.25) is 9.98 Å². The molecule has 0 radical (unpaired) electrons. The average Bonchev–Trinajstić information content (AvgIpc) is 3.07. The van der Waals surface area contributed by atoms with Crippen LogP contribution in [0, 0.1) is 5.92 Å². The van der Waals surface area contributed by atoms with Gasteiger partial charge in [0.15, 0.2) is 0 Å². The molecule has 3 nitrogen and oxygen atoms in total. The summed E-state index contributed by atoms with van der Waals surface area (Å²) in [7, 11) is 0. The molecule has 1 spiro atoms. The van der Waals surface area contributed by atoms with E-state index >= 15 is 0 Å². The van der Waals surface area contributed by atoms with Crippen molar-refractivity contribution < 1.29 is 0 Å². The molecule has 2 fully saturated rings. The second-order valence-corrected chi connectivity index (χ2v) is 9.82. The maximum Gasteiger partial charge on any atom is 0.139 e. The van der Waals surface area contributed by atoms with Crippen LogP contribution < -0.4 is 0 Å². The van der Waals surface area contributed by atoms with E-state index in [1.165, 1.54) is 107 Å². The van der Waals surface area contributed by atoms with Gasteiger partial charge in [-0.05, 0) is 82.4 Å². The van der Waals surface area contributed by atoms with E-state index in [4.69, 9.17) is 9.98 Å². The van der Waals surface area contributed by atoms with E-state index in [0.29, 0.717) is 12.0 Å². The third-order valence-corrected chi connectivity index (χ3v) is 8.12. The summed E-state index contributed by atoms with van der Waals surface area (Å²) < 4.78 is 0. The van der Waals surface area contributed by atoms with E-state index < -0.39 is 0 Å². The van der Waals surface area contributed by atoms with Crippen LogP contribution in [0.1, 0.15) is 89.9 Å². The predicted molar refractivity (Wildman–Crippen MR) is 116 cm³/mol. The summed E-state index contributed by atoms with van der Waals surface area (Å²) in [5, 5.41) is 0. The van der Waals surface area contributed by atoms with Crippen molar-refractivity contribution in [3.8, 4) is 0 Å². The molecule has 4 aliphatic carbocycles. The Hall–Kier alpha value is -1.64. The quantitative estimate of drug-likeness (QED) is 0.510. The average molecular weight is 376 g/mol. The summed E-state index contributed by atoms with van der Waals surface area (Å²) in [6.45, 7) is 0. The van der Waals surface area contributed by atoms with Crippen molar-refractivity contribution >= 4 is 11.4 Å². The van der Waals surface area contributed by atoms with Crippen LogP contribution in [0.25, 0.3) is 0 Å². The second kappa shape index (κ2) is 6.71. The molecule has 3 heteroatoms. The van der Waals surface area contributed by atoms with Gasteiger partial charge in [-0.1, -0.05) is 31.3 Å². The molecule has 6 aliphatic rings. The van der Waals surface area contributed by atoms with Crippen LogP contribution in [0.2, 0.25) is 0 Å². The molecule has 2 atom stereocenters. The molecule has 0 unspecified atom stereocenters. The smallest absolute Gasteiger partial charge is 0.139 e. The fourth-order valence-electron chi connectivity index (χ4n) is 6.79. The van der Waals surface area contributed by atoms with E-state index in [-0.39, 0.29) is 5.66 Å². The number of hydrogen-bond donors (Lipinski definition) is 0. The zero-order chi connectivity index (χ0) is 18.6. The Bertz CT molecular complexity index is 821. The number of nitrogens with zero attached hydrogens (tertiary/aromatic N) is 3. The van der Waals surface area contributed by atoms with Gasteiger partial charge in [-0.2, -0.15) is 0 Å². The second-order valence-electron chi connectivity index (χ2n) is 9.82. The van der Waals surface area contributed by atoms with Crippen molar-refractivity contribution in [1.29, 1.82) is 0 Å². The Labute approximate surface area is 169 Å². The number of aliphatic imine (C=N–C) groups is 2. The minimum Gasteiger partial charge on any atom is -0.318 e. The van der Waals surface area contributed by atoms with Gasteiger partial charge in [0.05, 0.1) is 23.2 Å². The summed E-state index contributed by atoms with van der Waals surface area (Å²) in [5.41, 5.74) is 7.22. The molecule has 0 N–H and O–H groups in total. The molecule has 0 aromatic carbocycles. The molecule has 6 rings (SSSR count). The zero-order valence-electron chi connectivity index (χ0n) is 17.1. The molecule has 148 valence electrons. The van der Waals surface area contributed by atoms with Gasteiger partial charge in [0.2, 0.25) is 0 Å². The summed E-state index contributed by atoms with van der Waals surface area (Å²) in [4.78, 5) is 13.4. The molecular formula is C25H33N3. The molecular weight excluding hydrogens is 342 g/mol. The highest BCUT2D eigenvalue weighted by molar-refractivity contribution is 6.22. The number of allylic oxidation sites excluding steroid dienone is 5. The summed E-state index contributed by atoms with van der Waals surface area (Å²) >= 11 is 0.